The van der Waals surface area contributed by atoms with Crippen molar-refractivity contribution in [1.82, 2.24) is 10.2 Å². The van der Waals surface area contributed by atoms with Gasteiger partial charge < -0.3 is 9.64 Å². The Hall–Kier alpha value is -0.630. The molecule has 2 unspecified atom stereocenters. The lowest BCUT2D eigenvalue weighted by atomic mass is 9.99. The molecule has 98 valence electrons. The lowest BCUT2D eigenvalue weighted by Gasteiger charge is -2.32. The van der Waals surface area contributed by atoms with Crippen LogP contribution in [0.1, 0.15) is 26.7 Å². The summed E-state index contributed by atoms with van der Waals surface area (Å²) in [5.74, 6) is 0.623. The number of rotatable bonds is 6. The van der Waals surface area contributed by atoms with Gasteiger partial charge in [0.25, 0.3) is 0 Å². The van der Waals surface area contributed by atoms with E-state index in [1.54, 1.807) is 0 Å². The van der Waals surface area contributed by atoms with Crippen LogP contribution >= 0.6 is 0 Å². The van der Waals surface area contributed by atoms with E-state index in [9.17, 15) is 5.26 Å². The Morgan fingerprint density at radius 2 is 2.35 bits per heavy atom. The van der Waals surface area contributed by atoms with Crippen molar-refractivity contribution in [2.24, 2.45) is 5.92 Å². The minimum absolute atomic E-state index is 0.445. The molecule has 1 heterocycles. The van der Waals surface area contributed by atoms with Crippen LogP contribution in [0.25, 0.3) is 0 Å². The van der Waals surface area contributed by atoms with Gasteiger partial charge in [-0.15, -0.1) is 0 Å². The van der Waals surface area contributed by atoms with Gasteiger partial charge in [-0.25, -0.2) is 0 Å². The first kappa shape index (κ1) is 14.4. The van der Waals surface area contributed by atoms with Gasteiger partial charge in [-0.1, -0.05) is 6.92 Å². The maximum atomic E-state index is 9.21. The van der Waals surface area contributed by atoms with Crippen LogP contribution in [0, 0.1) is 17.2 Å². The second kappa shape index (κ2) is 6.95. The van der Waals surface area contributed by atoms with Gasteiger partial charge in [0.1, 0.15) is 5.54 Å². The molecule has 0 saturated carbocycles. The van der Waals surface area contributed by atoms with Crippen LogP contribution in [-0.2, 0) is 4.74 Å². The summed E-state index contributed by atoms with van der Waals surface area (Å²) in [6.07, 6.45) is 2.41. The average molecular weight is 239 g/mol. The van der Waals surface area contributed by atoms with Crippen molar-refractivity contribution in [3.05, 3.63) is 0 Å². The molecule has 2 atom stereocenters. The van der Waals surface area contributed by atoms with Crippen molar-refractivity contribution < 1.29 is 4.74 Å². The maximum Gasteiger partial charge on any atom is 0.116 e. The second-order valence-corrected chi connectivity index (χ2v) is 5.25. The van der Waals surface area contributed by atoms with Gasteiger partial charge in [-0.05, 0) is 39.3 Å². The normalized spacial score (nSPS) is 24.3. The summed E-state index contributed by atoms with van der Waals surface area (Å²) in [6.45, 7) is 8.37. The molecule has 1 saturated heterocycles. The van der Waals surface area contributed by atoms with Crippen LogP contribution in [-0.4, -0.2) is 50.3 Å². The fourth-order valence-electron chi connectivity index (χ4n) is 2.52. The van der Waals surface area contributed by atoms with Crippen LogP contribution in [0.4, 0.5) is 0 Å². The first-order chi connectivity index (χ1) is 8.09. The largest absolute Gasteiger partial charge is 0.381 e. The molecule has 17 heavy (non-hydrogen) atoms. The van der Waals surface area contributed by atoms with Crippen molar-refractivity contribution in [2.45, 2.75) is 32.2 Å². The minimum atomic E-state index is -0.445. The van der Waals surface area contributed by atoms with E-state index in [1.807, 2.05) is 13.8 Å². The quantitative estimate of drug-likeness (QED) is 0.757. The van der Waals surface area contributed by atoms with Gasteiger partial charge in [0, 0.05) is 19.7 Å². The Bertz CT molecular complexity index is 258. The minimum Gasteiger partial charge on any atom is -0.381 e. The van der Waals surface area contributed by atoms with E-state index < -0.39 is 5.54 Å². The zero-order valence-corrected chi connectivity index (χ0v) is 11.3. The van der Waals surface area contributed by atoms with Crippen LogP contribution in [0.5, 0.6) is 0 Å². The van der Waals surface area contributed by atoms with Gasteiger partial charge in [-0.2, -0.15) is 5.26 Å². The Morgan fingerprint density at radius 3 is 2.88 bits per heavy atom. The number of hydrogen-bond donors (Lipinski definition) is 1. The van der Waals surface area contributed by atoms with Crippen LogP contribution in [0.2, 0.25) is 0 Å². The van der Waals surface area contributed by atoms with E-state index in [0.29, 0.717) is 5.92 Å². The Kier molecular flexibility index (Phi) is 5.90. The molecule has 4 nitrogen and oxygen atoms in total. The molecule has 0 radical (unpaired) electrons. The lowest BCUT2D eigenvalue weighted by molar-refractivity contribution is 0.0400. The molecule has 1 aliphatic rings. The summed E-state index contributed by atoms with van der Waals surface area (Å²) < 4.78 is 5.48. The standard InChI is InChI=1S/C13H25N3O/c1-4-15-13(2,10-14)11-16(3)8-12-6-5-7-17-9-12/h12,15H,4-9,11H2,1-3H3. The Balaban J connectivity index is 2.36. The van der Waals surface area contributed by atoms with Crippen molar-refractivity contribution in [3.63, 3.8) is 0 Å². The molecule has 1 rings (SSSR count). The van der Waals surface area contributed by atoms with Gasteiger partial charge >= 0.3 is 0 Å². The third-order valence-electron chi connectivity index (χ3n) is 3.22. The van der Waals surface area contributed by atoms with Gasteiger partial charge in [0.05, 0.1) is 12.7 Å². The molecule has 0 spiro atoms. The number of nitrogens with zero attached hydrogens (tertiary/aromatic N) is 2. The maximum absolute atomic E-state index is 9.21. The average Bonchev–Trinajstić information content (AvgIpc) is 2.30. The topological polar surface area (TPSA) is 48.3 Å². The summed E-state index contributed by atoms with van der Waals surface area (Å²) in [6, 6.07) is 2.36. The fourth-order valence-corrected chi connectivity index (χ4v) is 2.52. The molecule has 0 aromatic rings. The van der Waals surface area contributed by atoms with Crippen LogP contribution < -0.4 is 5.32 Å². The molecule has 1 N–H and O–H groups in total. The van der Waals surface area contributed by atoms with E-state index in [0.717, 1.165) is 32.8 Å². The summed E-state index contributed by atoms with van der Waals surface area (Å²) in [5.41, 5.74) is -0.445. The molecular formula is C13H25N3O. The predicted molar refractivity (Wildman–Crippen MR) is 68.7 cm³/mol. The summed E-state index contributed by atoms with van der Waals surface area (Å²) in [5, 5.41) is 12.5. The van der Waals surface area contributed by atoms with E-state index >= 15 is 0 Å². The van der Waals surface area contributed by atoms with E-state index in [1.165, 1.54) is 12.8 Å². The number of hydrogen-bond acceptors (Lipinski definition) is 4. The number of ether oxygens (including phenoxy) is 1. The monoisotopic (exact) mass is 239 g/mol. The van der Waals surface area contributed by atoms with E-state index in [2.05, 4.69) is 23.3 Å². The molecule has 0 aromatic carbocycles. The first-order valence-corrected chi connectivity index (χ1v) is 6.52. The molecule has 1 fully saturated rings. The molecule has 0 aromatic heterocycles. The highest BCUT2D eigenvalue weighted by Gasteiger charge is 2.25. The Morgan fingerprint density at radius 1 is 1.59 bits per heavy atom. The molecule has 0 amide bonds. The zero-order chi connectivity index (χ0) is 12.7. The van der Waals surface area contributed by atoms with E-state index in [4.69, 9.17) is 4.74 Å². The van der Waals surface area contributed by atoms with Crippen molar-refractivity contribution in [1.29, 1.82) is 5.26 Å². The highest BCUT2D eigenvalue weighted by atomic mass is 16.5. The highest BCUT2D eigenvalue weighted by molar-refractivity contribution is 5.05. The summed E-state index contributed by atoms with van der Waals surface area (Å²) in [4.78, 5) is 2.24. The van der Waals surface area contributed by atoms with Crippen molar-refractivity contribution in [2.75, 3.05) is 39.9 Å². The molecule has 4 heteroatoms. The van der Waals surface area contributed by atoms with Crippen LogP contribution in [0.3, 0.4) is 0 Å². The zero-order valence-electron chi connectivity index (χ0n) is 11.3. The second-order valence-electron chi connectivity index (χ2n) is 5.25. The van der Waals surface area contributed by atoms with E-state index in [-0.39, 0.29) is 0 Å². The van der Waals surface area contributed by atoms with Crippen molar-refractivity contribution in [3.8, 4) is 6.07 Å². The smallest absolute Gasteiger partial charge is 0.116 e. The van der Waals surface area contributed by atoms with Gasteiger partial charge in [0.2, 0.25) is 0 Å². The molecule has 0 aliphatic carbocycles. The summed E-state index contributed by atoms with van der Waals surface area (Å²) >= 11 is 0. The number of nitriles is 1. The first-order valence-electron chi connectivity index (χ1n) is 6.52. The predicted octanol–water partition coefficient (Wildman–Crippen LogP) is 1.24. The molecule has 0 bridgehead atoms. The third kappa shape index (κ3) is 5.03. The number of likely N-dealkylation sites (N-methyl/N-ethyl adjacent to an activating group) is 2. The SMILES string of the molecule is CCNC(C)(C#N)CN(C)CC1CCCOC1. The fraction of sp³-hybridized carbons (Fsp3) is 0.923. The summed E-state index contributed by atoms with van der Waals surface area (Å²) in [7, 11) is 2.08. The highest BCUT2D eigenvalue weighted by Crippen LogP contribution is 2.15. The number of nitrogens with one attached hydrogen (secondary N) is 1. The van der Waals surface area contributed by atoms with Crippen LogP contribution in [0.15, 0.2) is 0 Å². The van der Waals surface area contributed by atoms with Gasteiger partial charge in [-0.3, -0.25) is 5.32 Å². The molecule has 1 aliphatic heterocycles. The van der Waals surface area contributed by atoms with Gasteiger partial charge in [0.15, 0.2) is 0 Å². The van der Waals surface area contributed by atoms with Crippen molar-refractivity contribution >= 4 is 0 Å². The molecular weight excluding hydrogens is 214 g/mol. The Labute approximate surface area is 105 Å². The third-order valence-corrected chi connectivity index (χ3v) is 3.22. The lowest BCUT2D eigenvalue weighted by Crippen LogP contribution is -2.50.